The first-order chi connectivity index (χ1) is 14.3. The lowest BCUT2D eigenvalue weighted by atomic mass is 10.0. The first-order valence-electron chi connectivity index (χ1n) is 11.2. The number of anilines is 2. The van der Waals surface area contributed by atoms with Gasteiger partial charge in [0.05, 0.1) is 22.3 Å². The van der Waals surface area contributed by atoms with Gasteiger partial charge in [-0.05, 0) is 49.6 Å². The molecule has 2 aromatic rings. The molecule has 2 N–H and O–H groups in total. The second-order valence-corrected chi connectivity index (χ2v) is 9.05. The minimum atomic E-state index is 0.249. The van der Waals surface area contributed by atoms with Gasteiger partial charge in [-0.1, -0.05) is 26.0 Å². The minimum Gasteiger partial charge on any atom is -0.373 e. The maximum Gasteiger partial charge on any atom is 0.0736 e. The molecule has 2 fully saturated rings. The topological polar surface area (TPSA) is 30.5 Å². The molecule has 3 aliphatic heterocycles. The fourth-order valence-corrected chi connectivity index (χ4v) is 5.48. The summed E-state index contributed by atoms with van der Waals surface area (Å²) in [5, 5.41) is 7.20. The van der Waals surface area contributed by atoms with Crippen molar-refractivity contribution in [3.8, 4) is 0 Å². The average molecular weight is 411 g/mol. The number of fused-ring (bicyclic) bond motifs is 1. The number of benzene rings is 1. The summed E-state index contributed by atoms with van der Waals surface area (Å²) in [5.74, 6) is 0. The number of aryl methyl sites for hydroxylation is 1. The van der Waals surface area contributed by atoms with Crippen LogP contribution >= 0.6 is 11.3 Å². The lowest BCUT2D eigenvalue weighted by Crippen LogP contribution is -2.43. The largest absolute Gasteiger partial charge is 0.373 e. The summed E-state index contributed by atoms with van der Waals surface area (Å²) in [4.78, 5) is 7.85. The molecule has 0 saturated carbocycles. The molecule has 156 valence electrons. The number of thiophene rings is 1. The number of hydrogen-bond acceptors (Lipinski definition) is 5. The van der Waals surface area contributed by atoms with Crippen molar-refractivity contribution in [2.75, 3.05) is 49.5 Å². The standard InChI is InChI=1S/C22H28N4S.C2H6/c1-16-14-20-22(27-16)21(26-10-2-3-11-26)15-19(24-20)17-4-6-18(7-5-17)25-12-8-23-9-13-25;1-2/h4-7,14-15,19,23-24H,2-3,8-13H2,1H3;1-2H3. The van der Waals surface area contributed by atoms with Crippen molar-refractivity contribution in [2.45, 2.75) is 39.7 Å². The quantitative estimate of drug-likeness (QED) is 0.737. The molecular formula is C24H34N4S. The Morgan fingerprint density at radius 1 is 0.931 bits per heavy atom. The van der Waals surface area contributed by atoms with E-state index in [2.05, 4.69) is 63.8 Å². The molecule has 0 aliphatic carbocycles. The average Bonchev–Trinajstić information content (AvgIpc) is 3.44. The van der Waals surface area contributed by atoms with Gasteiger partial charge >= 0.3 is 0 Å². The van der Waals surface area contributed by atoms with Gasteiger partial charge in [-0.25, -0.2) is 0 Å². The fourth-order valence-electron chi connectivity index (χ4n) is 4.46. The van der Waals surface area contributed by atoms with Crippen LogP contribution < -0.4 is 15.5 Å². The van der Waals surface area contributed by atoms with E-state index in [-0.39, 0.29) is 6.04 Å². The Morgan fingerprint density at radius 3 is 2.31 bits per heavy atom. The van der Waals surface area contributed by atoms with E-state index in [4.69, 9.17) is 0 Å². The predicted molar refractivity (Wildman–Crippen MR) is 127 cm³/mol. The molecule has 5 rings (SSSR count). The smallest absolute Gasteiger partial charge is 0.0736 e. The van der Waals surface area contributed by atoms with Crippen LogP contribution in [0.1, 0.15) is 48.0 Å². The number of nitrogens with one attached hydrogen (secondary N) is 2. The summed E-state index contributed by atoms with van der Waals surface area (Å²) in [5.41, 5.74) is 5.43. The molecule has 4 heterocycles. The molecule has 5 heteroatoms. The maximum absolute atomic E-state index is 3.77. The highest BCUT2D eigenvalue weighted by molar-refractivity contribution is 7.13. The Hall–Kier alpha value is -1.98. The van der Waals surface area contributed by atoms with Crippen molar-refractivity contribution in [1.29, 1.82) is 0 Å². The number of hydrogen-bond donors (Lipinski definition) is 2. The monoisotopic (exact) mass is 410 g/mol. The Kier molecular flexibility index (Phi) is 6.46. The normalized spacial score (nSPS) is 21.1. The third-order valence-electron chi connectivity index (χ3n) is 5.90. The number of rotatable bonds is 3. The third kappa shape index (κ3) is 4.31. The van der Waals surface area contributed by atoms with E-state index in [9.17, 15) is 0 Å². The van der Waals surface area contributed by atoms with Crippen LogP contribution in [0.4, 0.5) is 11.4 Å². The molecule has 4 nitrogen and oxygen atoms in total. The zero-order chi connectivity index (χ0) is 20.2. The fraction of sp³-hybridized carbons (Fsp3) is 0.500. The van der Waals surface area contributed by atoms with E-state index in [0.717, 1.165) is 26.2 Å². The molecule has 1 unspecified atom stereocenters. The lowest BCUT2D eigenvalue weighted by molar-refractivity contribution is 0.491. The molecule has 1 aromatic carbocycles. The Balaban J connectivity index is 0.000000994. The van der Waals surface area contributed by atoms with Crippen LogP contribution in [0.25, 0.3) is 5.70 Å². The van der Waals surface area contributed by atoms with Gasteiger partial charge in [0.15, 0.2) is 0 Å². The van der Waals surface area contributed by atoms with E-state index in [1.807, 2.05) is 25.2 Å². The van der Waals surface area contributed by atoms with Crippen LogP contribution in [0, 0.1) is 6.92 Å². The highest BCUT2D eigenvalue weighted by Crippen LogP contribution is 2.42. The molecular weight excluding hydrogens is 376 g/mol. The summed E-state index contributed by atoms with van der Waals surface area (Å²) in [6.45, 7) is 12.9. The molecule has 3 aliphatic rings. The maximum atomic E-state index is 3.77. The zero-order valence-electron chi connectivity index (χ0n) is 18.0. The molecule has 1 atom stereocenters. The molecule has 2 saturated heterocycles. The molecule has 0 spiro atoms. The molecule has 0 bridgehead atoms. The highest BCUT2D eigenvalue weighted by Gasteiger charge is 2.27. The summed E-state index contributed by atoms with van der Waals surface area (Å²) in [7, 11) is 0. The van der Waals surface area contributed by atoms with Crippen molar-refractivity contribution in [3.63, 3.8) is 0 Å². The molecule has 0 amide bonds. The lowest BCUT2D eigenvalue weighted by Gasteiger charge is -2.31. The van der Waals surface area contributed by atoms with Gasteiger partial charge in [-0.15, -0.1) is 11.3 Å². The van der Waals surface area contributed by atoms with Gasteiger partial charge in [0.1, 0.15) is 0 Å². The van der Waals surface area contributed by atoms with Gasteiger partial charge in [-0.2, -0.15) is 0 Å². The number of piperazine rings is 1. The molecule has 29 heavy (non-hydrogen) atoms. The Morgan fingerprint density at radius 2 is 1.62 bits per heavy atom. The Labute approximate surface area is 179 Å². The van der Waals surface area contributed by atoms with Crippen LogP contribution in [0.2, 0.25) is 0 Å². The van der Waals surface area contributed by atoms with Crippen molar-refractivity contribution in [2.24, 2.45) is 0 Å². The van der Waals surface area contributed by atoms with Gasteiger partial charge < -0.3 is 20.4 Å². The molecule has 1 aromatic heterocycles. The predicted octanol–water partition coefficient (Wildman–Crippen LogP) is 5.10. The summed E-state index contributed by atoms with van der Waals surface area (Å²) in [6.07, 6.45) is 5.08. The summed E-state index contributed by atoms with van der Waals surface area (Å²) < 4.78 is 0. The van der Waals surface area contributed by atoms with Gasteiger partial charge in [0.25, 0.3) is 0 Å². The van der Waals surface area contributed by atoms with E-state index < -0.39 is 0 Å². The Bertz CT molecular complexity index is 827. The van der Waals surface area contributed by atoms with Crippen LogP contribution in [0.15, 0.2) is 36.4 Å². The van der Waals surface area contributed by atoms with E-state index >= 15 is 0 Å². The SMILES string of the molecule is CC.Cc1cc2c(s1)C(N1CCCC1)=CC(c1ccc(N3CCNCC3)cc1)N2. The van der Waals surface area contributed by atoms with Gasteiger partial charge in [-0.3, -0.25) is 0 Å². The number of likely N-dealkylation sites (tertiary alicyclic amines) is 1. The van der Waals surface area contributed by atoms with E-state index in [0.29, 0.717) is 0 Å². The van der Waals surface area contributed by atoms with Gasteiger partial charge in [0.2, 0.25) is 0 Å². The first kappa shape index (κ1) is 20.3. The second-order valence-electron chi connectivity index (χ2n) is 7.80. The van der Waals surface area contributed by atoms with Crippen LogP contribution in [-0.2, 0) is 0 Å². The van der Waals surface area contributed by atoms with E-state index in [1.165, 1.54) is 58.3 Å². The van der Waals surface area contributed by atoms with Gasteiger partial charge in [0, 0.05) is 49.8 Å². The van der Waals surface area contributed by atoms with Crippen molar-refractivity contribution < 1.29 is 0 Å². The van der Waals surface area contributed by atoms with Crippen LogP contribution in [0.5, 0.6) is 0 Å². The molecule has 0 radical (unpaired) electrons. The van der Waals surface area contributed by atoms with Crippen molar-refractivity contribution in [1.82, 2.24) is 10.2 Å². The first-order valence-corrected chi connectivity index (χ1v) is 12.0. The van der Waals surface area contributed by atoms with E-state index in [1.54, 1.807) is 0 Å². The highest BCUT2D eigenvalue weighted by atomic mass is 32.1. The second kappa shape index (κ2) is 9.23. The van der Waals surface area contributed by atoms with Crippen molar-refractivity contribution >= 4 is 28.4 Å². The number of nitrogens with zero attached hydrogens (tertiary/aromatic N) is 2. The third-order valence-corrected chi connectivity index (χ3v) is 6.98. The van der Waals surface area contributed by atoms with Crippen LogP contribution in [-0.4, -0.2) is 44.2 Å². The van der Waals surface area contributed by atoms with Crippen LogP contribution in [0.3, 0.4) is 0 Å². The zero-order valence-corrected chi connectivity index (χ0v) is 18.8. The minimum absolute atomic E-state index is 0.249. The summed E-state index contributed by atoms with van der Waals surface area (Å²) >= 11 is 1.92. The van der Waals surface area contributed by atoms with Crippen molar-refractivity contribution in [3.05, 3.63) is 51.7 Å². The summed E-state index contributed by atoms with van der Waals surface area (Å²) in [6, 6.07) is 11.7.